The van der Waals surface area contributed by atoms with Gasteiger partial charge in [-0.15, -0.1) is 0 Å². The second kappa shape index (κ2) is 18.1. The first-order valence-corrected chi connectivity index (χ1v) is 12.7. The Balaban J connectivity index is 3.32. The Morgan fingerprint density at radius 2 is 0.917 bits per heavy atom. The maximum absolute atomic E-state index is 9.96. The van der Waals surface area contributed by atoms with Crippen molar-refractivity contribution in [2.75, 3.05) is 12.8 Å². The van der Waals surface area contributed by atoms with Crippen LogP contribution in [0.5, 0.6) is 0 Å². The van der Waals surface area contributed by atoms with E-state index in [1.165, 1.54) is 77.0 Å². The van der Waals surface area contributed by atoms with Crippen LogP contribution in [0.4, 0.5) is 0 Å². The molecule has 3 nitrogen and oxygen atoms in total. The van der Waals surface area contributed by atoms with Gasteiger partial charge in [-0.2, -0.15) is 0 Å². The fourth-order valence-corrected chi connectivity index (χ4v) is 4.36. The van der Waals surface area contributed by atoms with Crippen molar-refractivity contribution in [2.45, 2.75) is 117 Å². The van der Waals surface area contributed by atoms with Crippen molar-refractivity contribution in [2.24, 2.45) is 0 Å². The molecule has 4 heteroatoms. The molecule has 0 aromatic heterocycles. The molecule has 0 aliphatic heterocycles. The molecule has 148 valence electrons. The topological polar surface area (TPSA) is 49.7 Å². The fraction of sp³-hybridized carbons (Fsp3) is 1.00. The van der Waals surface area contributed by atoms with E-state index in [0.717, 1.165) is 25.7 Å². The summed E-state index contributed by atoms with van der Waals surface area (Å²) < 4.78 is 5.38. The van der Waals surface area contributed by atoms with Crippen molar-refractivity contribution in [3.63, 3.8) is 0 Å². The van der Waals surface area contributed by atoms with Gasteiger partial charge in [0.15, 0.2) is 0 Å². The van der Waals surface area contributed by atoms with Gasteiger partial charge in [-0.3, -0.25) is 0 Å². The fourth-order valence-electron chi connectivity index (χ4n) is 3.03. The summed E-state index contributed by atoms with van der Waals surface area (Å²) in [5, 5.41) is 0. The Morgan fingerprint density at radius 1 is 0.542 bits per heavy atom. The second-order valence-electron chi connectivity index (χ2n) is 7.29. The second-order valence-corrected chi connectivity index (χ2v) is 9.57. The molecule has 0 amide bonds. The molecule has 0 heterocycles. The Hall–Kier alpha value is 0.310. The first-order valence-electron chi connectivity index (χ1n) is 10.7. The number of unbranched alkanes of at least 4 members (excludes halogenated alkanes) is 14. The quantitative estimate of drug-likeness (QED) is 0.196. The molecule has 24 heavy (non-hydrogen) atoms. The van der Waals surface area contributed by atoms with Crippen LogP contribution < -0.4 is 0 Å². The maximum atomic E-state index is 9.96. The normalized spacial score (nSPS) is 12.7. The molecular weight excluding hydrogens is 319 g/mol. The third kappa shape index (κ3) is 18.6. The molecule has 0 saturated heterocycles. The van der Waals surface area contributed by atoms with Crippen LogP contribution in [0.15, 0.2) is 0 Å². The van der Waals surface area contributed by atoms with E-state index in [1.54, 1.807) is 0 Å². The number of rotatable bonds is 19. The predicted octanol–water partition coefficient (Wildman–Crippen LogP) is 6.76. The standard InChI is InChI=1S/C20H45O3P/c1-3-5-7-9-11-13-15-17-19-23-24(21,22)20-18-16-14-12-10-8-6-4-2/h21-22,24H,3-20H2,1-2H3. The van der Waals surface area contributed by atoms with Crippen LogP contribution in [-0.4, -0.2) is 22.6 Å². The molecule has 0 bridgehead atoms. The van der Waals surface area contributed by atoms with Crippen LogP contribution in [0, 0.1) is 0 Å². The predicted molar refractivity (Wildman–Crippen MR) is 109 cm³/mol. The first kappa shape index (κ1) is 24.3. The third-order valence-corrected chi connectivity index (χ3v) is 6.36. The molecule has 0 fully saturated rings. The Labute approximate surface area is 152 Å². The van der Waals surface area contributed by atoms with Crippen LogP contribution in [0.25, 0.3) is 0 Å². The van der Waals surface area contributed by atoms with E-state index in [2.05, 4.69) is 13.8 Å². The molecule has 0 aliphatic carbocycles. The van der Waals surface area contributed by atoms with Crippen molar-refractivity contribution >= 4 is 7.94 Å². The van der Waals surface area contributed by atoms with E-state index in [0.29, 0.717) is 12.8 Å². The van der Waals surface area contributed by atoms with Gasteiger partial charge < -0.3 is 0 Å². The van der Waals surface area contributed by atoms with Crippen LogP contribution in [-0.2, 0) is 4.52 Å². The van der Waals surface area contributed by atoms with E-state index in [9.17, 15) is 9.79 Å². The zero-order valence-corrected chi connectivity index (χ0v) is 17.5. The minimum atomic E-state index is -3.37. The zero-order chi connectivity index (χ0) is 17.9. The summed E-state index contributed by atoms with van der Waals surface area (Å²) in [6.45, 7) is 5.00. The SMILES string of the molecule is CCCCCCCCCCO[PH](O)(O)CCCCCCCCCC. The van der Waals surface area contributed by atoms with Crippen LogP contribution >= 0.6 is 7.94 Å². The van der Waals surface area contributed by atoms with E-state index in [1.807, 2.05) is 0 Å². The molecule has 0 rings (SSSR count). The number of hydrogen-bond acceptors (Lipinski definition) is 3. The van der Waals surface area contributed by atoms with Crippen molar-refractivity contribution in [3.05, 3.63) is 0 Å². The van der Waals surface area contributed by atoms with Gasteiger partial charge in [0.25, 0.3) is 0 Å². The third-order valence-electron chi connectivity index (χ3n) is 4.69. The summed E-state index contributed by atoms with van der Waals surface area (Å²) in [5.41, 5.74) is 0. The summed E-state index contributed by atoms with van der Waals surface area (Å²) in [4.78, 5) is 19.9. The van der Waals surface area contributed by atoms with E-state index in [-0.39, 0.29) is 0 Å². The van der Waals surface area contributed by atoms with Gasteiger partial charge in [-0.05, 0) is 0 Å². The van der Waals surface area contributed by atoms with Gasteiger partial charge in [-0.1, -0.05) is 0 Å². The van der Waals surface area contributed by atoms with Crippen LogP contribution in [0.3, 0.4) is 0 Å². The molecule has 2 N–H and O–H groups in total. The Bertz CT molecular complexity index is 247. The Morgan fingerprint density at radius 3 is 1.38 bits per heavy atom. The van der Waals surface area contributed by atoms with Gasteiger partial charge in [-0.25, -0.2) is 0 Å². The summed E-state index contributed by atoms with van der Waals surface area (Å²) in [6, 6.07) is 0. The summed E-state index contributed by atoms with van der Waals surface area (Å²) in [5.74, 6) is 0. The van der Waals surface area contributed by atoms with Gasteiger partial charge >= 0.3 is 152 Å². The average Bonchev–Trinajstić information content (AvgIpc) is 2.55. The molecular formula is C20H45O3P. The van der Waals surface area contributed by atoms with Gasteiger partial charge in [0.05, 0.1) is 0 Å². The van der Waals surface area contributed by atoms with Crippen molar-refractivity contribution in [1.82, 2.24) is 0 Å². The summed E-state index contributed by atoms with van der Waals surface area (Å²) in [7, 11) is -3.37. The molecule has 0 atom stereocenters. The monoisotopic (exact) mass is 364 g/mol. The molecule has 0 aromatic carbocycles. The molecule has 0 aromatic rings. The molecule has 0 radical (unpaired) electrons. The first-order chi connectivity index (χ1) is 11.6. The summed E-state index contributed by atoms with van der Waals surface area (Å²) in [6.07, 6.45) is 20.3. The van der Waals surface area contributed by atoms with Crippen molar-refractivity contribution in [3.8, 4) is 0 Å². The van der Waals surface area contributed by atoms with Crippen molar-refractivity contribution in [1.29, 1.82) is 0 Å². The van der Waals surface area contributed by atoms with Gasteiger partial charge in [0, 0.05) is 0 Å². The van der Waals surface area contributed by atoms with E-state index >= 15 is 0 Å². The van der Waals surface area contributed by atoms with Crippen LogP contribution in [0.1, 0.15) is 117 Å². The van der Waals surface area contributed by atoms with Crippen molar-refractivity contribution < 1.29 is 14.3 Å². The minimum absolute atomic E-state index is 0.471. The van der Waals surface area contributed by atoms with Gasteiger partial charge in [0.2, 0.25) is 0 Å². The average molecular weight is 365 g/mol. The molecule has 0 spiro atoms. The van der Waals surface area contributed by atoms with Gasteiger partial charge in [0.1, 0.15) is 0 Å². The number of hydrogen-bond donors (Lipinski definition) is 2. The Kier molecular flexibility index (Phi) is 18.3. The molecule has 0 aliphatic rings. The van der Waals surface area contributed by atoms with Crippen LogP contribution in [0.2, 0.25) is 0 Å². The van der Waals surface area contributed by atoms with E-state index < -0.39 is 7.94 Å². The molecule has 0 saturated carbocycles. The zero-order valence-electron chi connectivity index (χ0n) is 16.5. The summed E-state index contributed by atoms with van der Waals surface area (Å²) >= 11 is 0. The van der Waals surface area contributed by atoms with E-state index in [4.69, 9.17) is 4.52 Å². The molecule has 0 unspecified atom stereocenters.